The Morgan fingerprint density at radius 1 is 0.923 bits per heavy atom. The summed E-state index contributed by atoms with van der Waals surface area (Å²) in [6, 6.07) is 22.0. The molecule has 0 aliphatic carbocycles. The van der Waals surface area contributed by atoms with Gasteiger partial charge in [0.05, 0.1) is 11.4 Å². The van der Waals surface area contributed by atoms with Crippen LogP contribution in [0.15, 0.2) is 83.8 Å². The van der Waals surface area contributed by atoms with Crippen molar-refractivity contribution in [2.75, 3.05) is 13.6 Å². The Kier molecular flexibility index (Phi) is 10.7. The van der Waals surface area contributed by atoms with Crippen molar-refractivity contribution in [3.05, 3.63) is 101 Å². The maximum Gasteiger partial charge on any atom is 0.243 e. The number of amides is 2. The zero-order valence-corrected chi connectivity index (χ0v) is 24.4. The third-order valence-corrected chi connectivity index (χ3v) is 8.69. The minimum absolute atomic E-state index is 0.0900. The number of sulfonamides is 1. The molecule has 0 saturated heterocycles. The van der Waals surface area contributed by atoms with Crippen molar-refractivity contribution in [1.82, 2.24) is 14.5 Å². The van der Waals surface area contributed by atoms with E-state index in [2.05, 4.69) is 5.32 Å². The van der Waals surface area contributed by atoms with Crippen LogP contribution in [0, 0.1) is 6.92 Å². The van der Waals surface area contributed by atoms with Crippen molar-refractivity contribution in [2.45, 2.75) is 57.1 Å². The van der Waals surface area contributed by atoms with Gasteiger partial charge in [-0.1, -0.05) is 78.7 Å². The molecule has 3 aromatic rings. The van der Waals surface area contributed by atoms with Crippen LogP contribution in [0.1, 0.15) is 37.0 Å². The predicted molar refractivity (Wildman–Crippen MR) is 155 cm³/mol. The molecular weight excluding hydrogens is 534 g/mol. The van der Waals surface area contributed by atoms with Crippen LogP contribution < -0.4 is 5.32 Å². The molecule has 0 aromatic heterocycles. The van der Waals surface area contributed by atoms with Gasteiger partial charge in [-0.15, -0.1) is 0 Å². The number of benzene rings is 3. The van der Waals surface area contributed by atoms with Crippen molar-refractivity contribution >= 4 is 33.4 Å². The first-order chi connectivity index (χ1) is 18.5. The molecule has 0 bridgehead atoms. The SMILES string of the molecule is CC[C@@H](C)NC(=O)[C@H](Cc1ccccc1)N(Cc1ccc(Cl)cc1)C(=O)CN(C)S(=O)(=O)c1ccc(C)cc1. The van der Waals surface area contributed by atoms with E-state index in [4.69, 9.17) is 11.6 Å². The van der Waals surface area contributed by atoms with E-state index in [1.165, 1.54) is 24.1 Å². The fourth-order valence-corrected chi connectivity index (χ4v) is 5.28. The summed E-state index contributed by atoms with van der Waals surface area (Å²) >= 11 is 6.07. The maximum absolute atomic E-state index is 13.9. The van der Waals surface area contributed by atoms with Gasteiger partial charge in [0.15, 0.2) is 0 Å². The van der Waals surface area contributed by atoms with E-state index in [0.717, 1.165) is 27.4 Å². The highest BCUT2D eigenvalue weighted by atomic mass is 35.5. The third kappa shape index (κ3) is 8.39. The Labute approximate surface area is 236 Å². The molecular formula is C30H36ClN3O4S. The molecule has 0 saturated carbocycles. The molecule has 3 aromatic carbocycles. The molecule has 0 fully saturated rings. The van der Waals surface area contributed by atoms with Gasteiger partial charge in [-0.25, -0.2) is 8.42 Å². The van der Waals surface area contributed by atoms with Crippen LogP contribution in [0.3, 0.4) is 0 Å². The Morgan fingerprint density at radius 2 is 1.54 bits per heavy atom. The topological polar surface area (TPSA) is 86.8 Å². The average molecular weight is 570 g/mol. The predicted octanol–water partition coefficient (Wildman–Crippen LogP) is 4.82. The van der Waals surface area contributed by atoms with Crippen LogP contribution in [-0.2, 0) is 32.6 Å². The minimum atomic E-state index is -3.92. The lowest BCUT2D eigenvalue weighted by Crippen LogP contribution is -2.54. The summed E-state index contributed by atoms with van der Waals surface area (Å²) in [7, 11) is -2.55. The zero-order valence-electron chi connectivity index (χ0n) is 22.8. The van der Waals surface area contributed by atoms with Crippen LogP contribution in [-0.4, -0.2) is 55.1 Å². The highest BCUT2D eigenvalue weighted by molar-refractivity contribution is 7.89. The van der Waals surface area contributed by atoms with E-state index in [0.29, 0.717) is 5.02 Å². The van der Waals surface area contributed by atoms with E-state index >= 15 is 0 Å². The second-order valence-corrected chi connectivity index (χ2v) is 12.2. The van der Waals surface area contributed by atoms with E-state index in [-0.39, 0.29) is 29.8 Å². The number of hydrogen-bond acceptors (Lipinski definition) is 4. The molecule has 0 radical (unpaired) electrons. The molecule has 0 aliphatic rings. The monoisotopic (exact) mass is 569 g/mol. The molecule has 0 aliphatic heterocycles. The summed E-state index contributed by atoms with van der Waals surface area (Å²) in [4.78, 5) is 29.0. The van der Waals surface area contributed by atoms with E-state index < -0.39 is 28.5 Å². The molecule has 9 heteroatoms. The lowest BCUT2D eigenvalue weighted by molar-refractivity contribution is -0.141. The van der Waals surface area contributed by atoms with Crippen molar-refractivity contribution < 1.29 is 18.0 Å². The number of hydrogen-bond donors (Lipinski definition) is 1. The van der Waals surface area contributed by atoms with Crippen molar-refractivity contribution in [1.29, 1.82) is 0 Å². The van der Waals surface area contributed by atoms with Crippen molar-refractivity contribution in [3.63, 3.8) is 0 Å². The van der Waals surface area contributed by atoms with Gasteiger partial charge < -0.3 is 10.2 Å². The Morgan fingerprint density at radius 3 is 2.13 bits per heavy atom. The molecule has 0 spiro atoms. The van der Waals surface area contributed by atoms with Crippen LogP contribution in [0.25, 0.3) is 0 Å². The fraction of sp³-hybridized carbons (Fsp3) is 0.333. The first-order valence-electron chi connectivity index (χ1n) is 12.9. The molecule has 3 rings (SSSR count). The number of rotatable bonds is 12. The third-order valence-electron chi connectivity index (χ3n) is 6.63. The molecule has 0 unspecified atom stereocenters. The average Bonchev–Trinajstić information content (AvgIpc) is 2.92. The molecule has 0 heterocycles. The van der Waals surface area contributed by atoms with E-state index in [1.54, 1.807) is 36.4 Å². The molecule has 7 nitrogen and oxygen atoms in total. The van der Waals surface area contributed by atoms with Crippen molar-refractivity contribution in [2.24, 2.45) is 0 Å². The first kappa shape index (κ1) is 30.3. The number of aryl methyl sites for hydroxylation is 1. The number of nitrogens with one attached hydrogen (secondary N) is 1. The van der Waals surface area contributed by atoms with Gasteiger partial charge in [-0.05, 0) is 55.7 Å². The van der Waals surface area contributed by atoms with E-state index in [9.17, 15) is 18.0 Å². The van der Waals surface area contributed by atoms with Crippen LogP contribution in [0.5, 0.6) is 0 Å². The standard InChI is InChI=1S/C30H36ClN3O4S/c1-5-23(3)32-30(36)28(19-24-9-7-6-8-10-24)34(20-25-13-15-26(31)16-14-25)29(35)21-33(4)39(37,38)27-17-11-22(2)12-18-27/h6-18,23,28H,5,19-21H2,1-4H3,(H,32,36)/t23-,28+/m1/s1. The number of carbonyl (C=O) groups excluding carboxylic acids is 2. The van der Waals surface area contributed by atoms with Gasteiger partial charge in [0.25, 0.3) is 0 Å². The number of halogens is 1. The smallest absolute Gasteiger partial charge is 0.243 e. The van der Waals surface area contributed by atoms with Crippen LogP contribution in [0.4, 0.5) is 0 Å². The minimum Gasteiger partial charge on any atom is -0.352 e. The van der Waals surface area contributed by atoms with Gasteiger partial charge >= 0.3 is 0 Å². The van der Waals surface area contributed by atoms with Crippen molar-refractivity contribution in [3.8, 4) is 0 Å². The Hall–Kier alpha value is -3.20. The Balaban J connectivity index is 1.97. The van der Waals surface area contributed by atoms with Gasteiger partial charge in [0.1, 0.15) is 6.04 Å². The largest absolute Gasteiger partial charge is 0.352 e. The highest BCUT2D eigenvalue weighted by Crippen LogP contribution is 2.19. The second kappa shape index (κ2) is 13.7. The summed E-state index contributed by atoms with van der Waals surface area (Å²) in [6.07, 6.45) is 1.00. The maximum atomic E-state index is 13.9. The number of likely N-dealkylation sites (N-methyl/N-ethyl adjacent to an activating group) is 1. The normalized spacial score (nSPS) is 13.1. The summed E-state index contributed by atoms with van der Waals surface area (Å²) in [5.41, 5.74) is 2.58. The van der Waals surface area contributed by atoms with E-state index in [1.807, 2.05) is 51.1 Å². The number of nitrogens with zero attached hydrogens (tertiary/aromatic N) is 2. The molecule has 2 atom stereocenters. The molecule has 1 N–H and O–H groups in total. The second-order valence-electron chi connectivity index (χ2n) is 9.75. The fourth-order valence-electron chi connectivity index (χ4n) is 4.04. The van der Waals surface area contributed by atoms with Gasteiger partial charge in [-0.2, -0.15) is 4.31 Å². The molecule has 208 valence electrons. The summed E-state index contributed by atoms with van der Waals surface area (Å²) in [5, 5.41) is 3.56. The summed E-state index contributed by atoms with van der Waals surface area (Å²) in [5.74, 6) is -0.775. The molecule has 2 amide bonds. The zero-order chi connectivity index (χ0) is 28.6. The quantitative estimate of drug-likeness (QED) is 0.339. The lowest BCUT2D eigenvalue weighted by Gasteiger charge is -2.33. The first-order valence-corrected chi connectivity index (χ1v) is 14.7. The lowest BCUT2D eigenvalue weighted by atomic mass is 10.0. The highest BCUT2D eigenvalue weighted by Gasteiger charge is 2.33. The summed E-state index contributed by atoms with van der Waals surface area (Å²) in [6.45, 7) is 5.44. The van der Waals surface area contributed by atoms with Gasteiger partial charge in [0.2, 0.25) is 21.8 Å². The van der Waals surface area contributed by atoms with Gasteiger partial charge in [0, 0.05) is 31.1 Å². The molecule has 39 heavy (non-hydrogen) atoms. The van der Waals surface area contributed by atoms with Crippen LogP contribution >= 0.6 is 11.6 Å². The van der Waals surface area contributed by atoms with Gasteiger partial charge in [-0.3, -0.25) is 9.59 Å². The summed E-state index contributed by atoms with van der Waals surface area (Å²) < 4.78 is 27.5. The van der Waals surface area contributed by atoms with Crippen LogP contribution in [0.2, 0.25) is 5.02 Å². The number of carbonyl (C=O) groups is 2. The Bertz CT molecular complexity index is 1350.